The fourth-order valence-corrected chi connectivity index (χ4v) is 3.45. The van der Waals surface area contributed by atoms with Crippen LogP contribution in [0.25, 0.3) is 0 Å². The van der Waals surface area contributed by atoms with Crippen LogP contribution in [0.1, 0.15) is 18.6 Å². The summed E-state index contributed by atoms with van der Waals surface area (Å²) in [6.45, 7) is 1.95. The van der Waals surface area contributed by atoms with Gasteiger partial charge in [0.15, 0.2) is 0 Å². The zero-order chi connectivity index (χ0) is 13.1. The van der Waals surface area contributed by atoms with Crippen molar-refractivity contribution in [3.05, 3.63) is 49.5 Å². The van der Waals surface area contributed by atoms with Gasteiger partial charge in [0, 0.05) is 16.1 Å². The van der Waals surface area contributed by atoms with E-state index in [1.165, 1.54) is 0 Å². The van der Waals surface area contributed by atoms with Gasteiger partial charge in [0.1, 0.15) is 11.9 Å². The second kappa shape index (κ2) is 6.19. The van der Waals surface area contributed by atoms with Crippen molar-refractivity contribution in [3.8, 4) is 5.75 Å². The normalized spacial score (nSPS) is 14.2. The quantitative estimate of drug-likeness (QED) is 0.818. The van der Waals surface area contributed by atoms with E-state index in [1.54, 1.807) is 11.3 Å². The summed E-state index contributed by atoms with van der Waals surface area (Å²) >= 11 is 8.56. The number of thiophene rings is 1. The molecule has 0 aliphatic carbocycles. The highest BCUT2D eigenvalue weighted by Crippen LogP contribution is 2.33. The minimum absolute atomic E-state index is 0.0739. The highest BCUT2D eigenvalue weighted by molar-refractivity contribution is 9.11. The summed E-state index contributed by atoms with van der Waals surface area (Å²) in [5.41, 5.74) is 7.13. The van der Waals surface area contributed by atoms with E-state index in [1.807, 2.05) is 36.6 Å². The Morgan fingerprint density at radius 1 is 1.28 bits per heavy atom. The molecule has 0 fully saturated rings. The average molecular weight is 391 g/mol. The first-order valence-corrected chi connectivity index (χ1v) is 8.00. The molecule has 96 valence electrons. The molecule has 0 spiro atoms. The van der Waals surface area contributed by atoms with E-state index in [4.69, 9.17) is 10.5 Å². The Hall–Kier alpha value is -0.360. The van der Waals surface area contributed by atoms with Crippen LogP contribution in [0, 0.1) is 0 Å². The third-order valence-electron chi connectivity index (χ3n) is 2.50. The zero-order valence-corrected chi connectivity index (χ0v) is 13.8. The lowest BCUT2D eigenvalue weighted by molar-refractivity contribution is 0.179. The molecule has 5 heteroatoms. The van der Waals surface area contributed by atoms with Crippen molar-refractivity contribution in [2.24, 2.45) is 5.73 Å². The number of hydrogen-bond acceptors (Lipinski definition) is 3. The monoisotopic (exact) mass is 389 g/mol. The summed E-state index contributed by atoms with van der Waals surface area (Å²) in [5, 5.41) is 4.10. The van der Waals surface area contributed by atoms with Gasteiger partial charge < -0.3 is 10.5 Å². The number of halogens is 2. The van der Waals surface area contributed by atoms with E-state index < -0.39 is 0 Å². The molecule has 1 aromatic heterocycles. The Kier molecular flexibility index (Phi) is 4.84. The van der Waals surface area contributed by atoms with Gasteiger partial charge in [-0.15, -0.1) is 0 Å². The second-order valence-corrected chi connectivity index (χ2v) is 6.58. The van der Waals surface area contributed by atoms with Gasteiger partial charge in [0.05, 0.1) is 4.47 Å². The van der Waals surface area contributed by atoms with Crippen LogP contribution in [0.4, 0.5) is 0 Å². The third kappa shape index (κ3) is 3.35. The summed E-state index contributed by atoms with van der Waals surface area (Å²) < 4.78 is 7.94. The minimum Gasteiger partial charge on any atom is -0.483 e. The van der Waals surface area contributed by atoms with E-state index in [9.17, 15) is 0 Å². The van der Waals surface area contributed by atoms with E-state index in [0.29, 0.717) is 0 Å². The van der Waals surface area contributed by atoms with Gasteiger partial charge in [-0.1, -0.05) is 15.9 Å². The summed E-state index contributed by atoms with van der Waals surface area (Å²) in [5.74, 6) is 0.798. The Labute approximate surface area is 127 Å². The number of hydrogen-bond donors (Lipinski definition) is 1. The van der Waals surface area contributed by atoms with Crippen molar-refractivity contribution in [1.29, 1.82) is 0 Å². The van der Waals surface area contributed by atoms with Crippen molar-refractivity contribution in [2.45, 2.75) is 19.1 Å². The molecule has 0 radical (unpaired) electrons. The zero-order valence-electron chi connectivity index (χ0n) is 9.77. The Morgan fingerprint density at radius 3 is 2.61 bits per heavy atom. The summed E-state index contributed by atoms with van der Waals surface area (Å²) in [4.78, 5) is 0. The van der Waals surface area contributed by atoms with Crippen molar-refractivity contribution in [2.75, 3.05) is 0 Å². The highest BCUT2D eigenvalue weighted by Gasteiger charge is 2.19. The number of ether oxygens (including phenoxy) is 1. The van der Waals surface area contributed by atoms with Crippen LogP contribution < -0.4 is 10.5 Å². The minimum atomic E-state index is -0.131. The topological polar surface area (TPSA) is 35.2 Å². The molecule has 2 nitrogen and oxygen atoms in total. The molecular formula is C13H13Br2NOS. The summed E-state index contributed by atoms with van der Waals surface area (Å²) in [7, 11) is 0. The predicted octanol–water partition coefficient (Wildman–Crippen LogP) is 4.74. The largest absolute Gasteiger partial charge is 0.483 e. The molecule has 1 heterocycles. The maximum atomic E-state index is 6.02. The van der Waals surface area contributed by atoms with E-state index in [2.05, 4.69) is 37.2 Å². The number of rotatable bonds is 4. The third-order valence-corrected chi connectivity index (χ3v) is 4.31. The molecule has 0 aliphatic rings. The van der Waals surface area contributed by atoms with Crippen LogP contribution in [0.15, 0.2) is 44.0 Å². The molecule has 2 N–H and O–H groups in total. The molecule has 0 saturated heterocycles. The average Bonchev–Trinajstić information content (AvgIpc) is 2.80. The van der Waals surface area contributed by atoms with Crippen LogP contribution >= 0.6 is 43.2 Å². The Balaban J connectivity index is 2.24. The fraction of sp³-hybridized carbons (Fsp3) is 0.231. The number of benzene rings is 1. The van der Waals surface area contributed by atoms with Gasteiger partial charge >= 0.3 is 0 Å². The van der Waals surface area contributed by atoms with Crippen molar-refractivity contribution >= 4 is 43.2 Å². The van der Waals surface area contributed by atoms with E-state index in [0.717, 1.165) is 20.3 Å². The molecule has 2 rings (SSSR count). The standard InChI is InChI=1S/C13H13Br2NOS/c1-8(16)13(9-4-5-18-7-9)17-12-3-2-10(14)6-11(12)15/h2-8,13H,16H2,1H3. The van der Waals surface area contributed by atoms with Crippen LogP contribution in [-0.4, -0.2) is 6.04 Å². The second-order valence-electron chi connectivity index (χ2n) is 4.03. The van der Waals surface area contributed by atoms with Gasteiger partial charge in [-0.25, -0.2) is 0 Å². The maximum absolute atomic E-state index is 6.02. The molecule has 2 aromatic rings. The van der Waals surface area contributed by atoms with Crippen LogP contribution in [-0.2, 0) is 0 Å². The van der Waals surface area contributed by atoms with Crippen LogP contribution in [0.5, 0.6) is 5.75 Å². The predicted molar refractivity (Wildman–Crippen MR) is 83.2 cm³/mol. The van der Waals surface area contributed by atoms with Crippen LogP contribution in [0.2, 0.25) is 0 Å². The molecule has 2 unspecified atom stereocenters. The highest BCUT2D eigenvalue weighted by atomic mass is 79.9. The number of nitrogens with two attached hydrogens (primary N) is 1. The van der Waals surface area contributed by atoms with Crippen LogP contribution in [0.3, 0.4) is 0 Å². The Morgan fingerprint density at radius 2 is 2.06 bits per heavy atom. The summed E-state index contributed by atoms with van der Waals surface area (Å²) in [6.07, 6.45) is -0.131. The van der Waals surface area contributed by atoms with E-state index in [-0.39, 0.29) is 12.1 Å². The van der Waals surface area contributed by atoms with Crippen molar-refractivity contribution < 1.29 is 4.74 Å². The molecular weight excluding hydrogens is 378 g/mol. The van der Waals surface area contributed by atoms with Crippen molar-refractivity contribution in [1.82, 2.24) is 0 Å². The molecule has 0 bridgehead atoms. The molecule has 0 saturated carbocycles. The SMILES string of the molecule is CC(N)C(Oc1ccc(Br)cc1Br)c1ccsc1. The first-order valence-electron chi connectivity index (χ1n) is 5.47. The fourth-order valence-electron chi connectivity index (χ4n) is 1.62. The lowest BCUT2D eigenvalue weighted by Gasteiger charge is -2.22. The lowest BCUT2D eigenvalue weighted by atomic mass is 10.1. The van der Waals surface area contributed by atoms with Gasteiger partial charge in [-0.3, -0.25) is 0 Å². The summed E-state index contributed by atoms with van der Waals surface area (Å²) in [6, 6.07) is 7.81. The lowest BCUT2D eigenvalue weighted by Crippen LogP contribution is -2.28. The first-order chi connectivity index (χ1) is 8.58. The smallest absolute Gasteiger partial charge is 0.139 e. The van der Waals surface area contributed by atoms with Gasteiger partial charge in [0.25, 0.3) is 0 Å². The van der Waals surface area contributed by atoms with Gasteiger partial charge in [0.2, 0.25) is 0 Å². The maximum Gasteiger partial charge on any atom is 0.139 e. The first kappa shape index (κ1) is 14.1. The molecule has 2 atom stereocenters. The Bertz CT molecular complexity index is 514. The molecule has 0 amide bonds. The molecule has 1 aromatic carbocycles. The van der Waals surface area contributed by atoms with E-state index >= 15 is 0 Å². The molecule has 18 heavy (non-hydrogen) atoms. The van der Waals surface area contributed by atoms with Gasteiger partial charge in [-0.2, -0.15) is 11.3 Å². The van der Waals surface area contributed by atoms with Crippen molar-refractivity contribution in [3.63, 3.8) is 0 Å². The molecule has 0 aliphatic heterocycles. The van der Waals surface area contributed by atoms with Gasteiger partial charge in [-0.05, 0) is 57.9 Å².